The summed E-state index contributed by atoms with van der Waals surface area (Å²) in [6.07, 6.45) is 0. The molecule has 2 amide bonds. The van der Waals surface area contributed by atoms with Crippen molar-refractivity contribution in [1.29, 1.82) is 0 Å². The summed E-state index contributed by atoms with van der Waals surface area (Å²) in [6.45, 7) is 9.39. The average molecular weight is 469 g/mol. The Labute approximate surface area is 198 Å². The molecule has 0 bridgehead atoms. The van der Waals surface area contributed by atoms with Gasteiger partial charge < -0.3 is 10.2 Å². The van der Waals surface area contributed by atoms with E-state index in [1.54, 1.807) is 13.0 Å². The molecule has 174 valence electrons. The lowest BCUT2D eigenvalue weighted by Crippen LogP contribution is -2.53. The first-order valence-corrected chi connectivity index (χ1v) is 11.1. The molecule has 0 saturated carbocycles. The van der Waals surface area contributed by atoms with E-state index >= 15 is 0 Å². The van der Waals surface area contributed by atoms with Crippen LogP contribution in [0.1, 0.15) is 38.8 Å². The number of nitrogens with one attached hydrogen (secondary N) is 1. The maximum absolute atomic E-state index is 13.3. The highest BCUT2D eigenvalue weighted by molar-refractivity contribution is 6.31. The third kappa shape index (κ3) is 6.61. The summed E-state index contributed by atoms with van der Waals surface area (Å²) in [7, 11) is 0. The zero-order valence-electron chi connectivity index (χ0n) is 19.5. The first kappa shape index (κ1) is 24.4. The minimum atomic E-state index is -0.729. The largest absolute Gasteiger partial charge is 0.350 e. The lowest BCUT2D eigenvalue weighted by atomic mass is 10.1. The number of nitrogens with zero attached hydrogens (tertiary/aromatic N) is 5. The summed E-state index contributed by atoms with van der Waals surface area (Å²) in [4.78, 5) is 28.9. The number of rotatable bonds is 7. The summed E-state index contributed by atoms with van der Waals surface area (Å²) in [6, 6.07) is 14.3. The second-order valence-corrected chi connectivity index (χ2v) is 9.44. The van der Waals surface area contributed by atoms with E-state index in [-0.39, 0.29) is 24.9 Å². The quantitative estimate of drug-likeness (QED) is 0.571. The molecule has 1 aromatic heterocycles. The zero-order valence-corrected chi connectivity index (χ0v) is 20.3. The molecule has 0 spiro atoms. The van der Waals surface area contributed by atoms with Crippen molar-refractivity contribution in [2.75, 3.05) is 0 Å². The molecule has 0 fully saturated rings. The molecular weight excluding hydrogens is 440 g/mol. The van der Waals surface area contributed by atoms with Gasteiger partial charge in [-0.3, -0.25) is 9.59 Å². The topological polar surface area (TPSA) is 93.0 Å². The van der Waals surface area contributed by atoms with E-state index in [0.29, 0.717) is 10.8 Å². The van der Waals surface area contributed by atoms with Gasteiger partial charge in [0, 0.05) is 22.7 Å². The van der Waals surface area contributed by atoms with Gasteiger partial charge in [-0.25, -0.2) is 0 Å². The van der Waals surface area contributed by atoms with Gasteiger partial charge in [0.15, 0.2) is 0 Å². The lowest BCUT2D eigenvalue weighted by Gasteiger charge is -2.31. The Morgan fingerprint density at radius 3 is 2.42 bits per heavy atom. The average Bonchev–Trinajstić information content (AvgIpc) is 3.20. The van der Waals surface area contributed by atoms with Crippen molar-refractivity contribution in [2.45, 2.75) is 59.3 Å². The van der Waals surface area contributed by atoms with E-state index in [1.807, 2.05) is 70.2 Å². The molecule has 0 saturated heterocycles. The van der Waals surface area contributed by atoms with Crippen LogP contribution < -0.4 is 5.32 Å². The molecule has 1 heterocycles. The number of tetrazole rings is 1. The van der Waals surface area contributed by atoms with Crippen LogP contribution in [0, 0.1) is 6.92 Å². The fraction of sp³-hybridized carbons (Fsp3) is 0.375. The van der Waals surface area contributed by atoms with E-state index in [2.05, 4.69) is 20.7 Å². The lowest BCUT2D eigenvalue weighted by molar-refractivity contribution is -0.142. The molecule has 3 aromatic rings. The summed E-state index contributed by atoms with van der Waals surface area (Å²) >= 11 is 6.33. The van der Waals surface area contributed by atoms with Gasteiger partial charge in [0.2, 0.25) is 17.6 Å². The number of carbonyl (C=O) groups excluding carboxylic acids is 2. The van der Waals surface area contributed by atoms with Gasteiger partial charge in [-0.15, -0.1) is 10.2 Å². The van der Waals surface area contributed by atoms with Crippen LogP contribution in [0.25, 0.3) is 11.4 Å². The number of carbonyl (C=O) groups is 2. The van der Waals surface area contributed by atoms with Crippen LogP contribution in [-0.4, -0.2) is 48.5 Å². The first-order valence-electron chi connectivity index (χ1n) is 10.7. The van der Waals surface area contributed by atoms with Crippen molar-refractivity contribution in [1.82, 2.24) is 30.4 Å². The Kier molecular flexibility index (Phi) is 7.48. The third-order valence-electron chi connectivity index (χ3n) is 5.00. The maximum Gasteiger partial charge on any atom is 0.247 e. The number of aromatic nitrogens is 4. The Morgan fingerprint density at radius 2 is 1.79 bits per heavy atom. The molecule has 0 aliphatic rings. The van der Waals surface area contributed by atoms with Crippen LogP contribution in [-0.2, 0) is 22.7 Å². The third-order valence-corrected chi connectivity index (χ3v) is 5.37. The normalized spacial score (nSPS) is 12.3. The summed E-state index contributed by atoms with van der Waals surface area (Å²) in [5, 5.41) is 15.9. The van der Waals surface area contributed by atoms with Crippen LogP contribution >= 0.6 is 11.6 Å². The molecule has 1 N–H and O–H groups in total. The van der Waals surface area contributed by atoms with E-state index < -0.39 is 11.6 Å². The molecule has 8 nitrogen and oxygen atoms in total. The van der Waals surface area contributed by atoms with Crippen molar-refractivity contribution in [3.05, 3.63) is 64.7 Å². The second-order valence-electron chi connectivity index (χ2n) is 9.04. The minimum absolute atomic E-state index is 0.156. The smallest absolute Gasteiger partial charge is 0.247 e. The summed E-state index contributed by atoms with van der Waals surface area (Å²) in [5.74, 6) is -0.145. The molecule has 1 atom stereocenters. The second kappa shape index (κ2) is 10.1. The Hall–Kier alpha value is -3.26. The van der Waals surface area contributed by atoms with Crippen molar-refractivity contribution < 1.29 is 9.59 Å². The van der Waals surface area contributed by atoms with Crippen molar-refractivity contribution in [3.63, 3.8) is 0 Å². The van der Waals surface area contributed by atoms with Crippen molar-refractivity contribution in [3.8, 4) is 11.4 Å². The number of hydrogen-bond donors (Lipinski definition) is 1. The molecule has 9 heteroatoms. The van der Waals surface area contributed by atoms with Gasteiger partial charge >= 0.3 is 0 Å². The zero-order chi connectivity index (χ0) is 24.2. The molecule has 3 rings (SSSR count). The highest BCUT2D eigenvalue weighted by atomic mass is 35.5. The van der Waals surface area contributed by atoms with Crippen LogP contribution in [0.2, 0.25) is 5.02 Å². The number of halogens is 1. The predicted molar refractivity (Wildman–Crippen MR) is 127 cm³/mol. The van der Waals surface area contributed by atoms with Gasteiger partial charge in [0.1, 0.15) is 12.6 Å². The van der Waals surface area contributed by atoms with Gasteiger partial charge in [0.25, 0.3) is 0 Å². The van der Waals surface area contributed by atoms with Crippen LogP contribution in [0.4, 0.5) is 0 Å². The number of hydrogen-bond acceptors (Lipinski definition) is 5. The van der Waals surface area contributed by atoms with E-state index in [4.69, 9.17) is 11.6 Å². The number of aryl methyl sites for hydroxylation is 1. The molecule has 0 unspecified atom stereocenters. The number of benzene rings is 2. The highest BCUT2D eigenvalue weighted by Gasteiger charge is 2.29. The van der Waals surface area contributed by atoms with Gasteiger partial charge in [-0.1, -0.05) is 59.6 Å². The molecule has 0 aliphatic heterocycles. The monoisotopic (exact) mass is 468 g/mol. The maximum atomic E-state index is 13.3. The SMILES string of the molecule is Cc1ccc(-c2nnn(CC(=O)N(Cc3ccccc3Cl)[C@@H](C)C(=O)NC(C)(C)C)n2)cc1. The molecular formula is C24H29ClN6O2. The molecule has 0 radical (unpaired) electrons. The fourth-order valence-electron chi connectivity index (χ4n) is 3.21. The number of amides is 2. The van der Waals surface area contributed by atoms with E-state index in [1.165, 1.54) is 9.70 Å². The van der Waals surface area contributed by atoms with Crippen molar-refractivity contribution >= 4 is 23.4 Å². The first-order chi connectivity index (χ1) is 15.5. The van der Waals surface area contributed by atoms with Crippen LogP contribution in [0.15, 0.2) is 48.5 Å². The summed E-state index contributed by atoms with van der Waals surface area (Å²) < 4.78 is 0. The Morgan fingerprint density at radius 1 is 1.12 bits per heavy atom. The van der Waals surface area contributed by atoms with Gasteiger partial charge in [-0.05, 0) is 51.5 Å². The van der Waals surface area contributed by atoms with Crippen LogP contribution in [0.5, 0.6) is 0 Å². The van der Waals surface area contributed by atoms with E-state index in [9.17, 15) is 9.59 Å². The van der Waals surface area contributed by atoms with Crippen LogP contribution in [0.3, 0.4) is 0 Å². The fourth-order valence-corrected chi connectivity index (χ4v) is 3.40. The minimum Gasteiger partial charge on any atom is -0.350 e. The molecule has 33 heavy (non-hydrogen) atoms. The highest BCUT2D eigenvalue weighted by Crippen LogP contribution is 2.19. The Balaban J connectivity index is 1.82. The molecule has 0 aliphatic carbocycles. The predicted octanol–water partition coefficient (Wildman–Crippen LogP) is 3.63. The van der Waals surface area contributed by atoms with Crippen molar-refractivity contribution in [2.24, 2.45) is 0 Å². The summed E-state index contributed by atoms with van der Waals surface area (Å²) in [5.41, 5.74) is 2.25. The Bertz CT molecular complexity index is 1120. The molecule has 2 aromatic carbocycles. The van der Waals surface area contributed by atoms with E-state index in [0.717, 1.165) is 16.7 Å². The van der Waals surface area contributed by atoms with Gasteiger partial charge in [0.05, 0.1) is 0 Å². The van der Waals surface area contributed by atoms with Gasteiger partial charge in [-0.2, -0.15) is 4.80 Å². The standard InChI is InChI=1S/C24H29ClN6O2/c1-16-10-12-18(13-11-16)22-27-29-31(28-22)15-21(32)30(14-19-8-6-7-9-20(19)25)17(2)23(33)26-24(3,4)5/h6-13,17H,14-15H2,1-5H3,(H,26,33)/t17-/m0/s1.